The molecule has 1 spiro atoms. The lowest BCUT2D eigenvalue weighted by molar-refractivity contribution is -0.128. The molecule has 2 aliphatic heterocycles. The minimum absolute atomic E-state index is 0.0866. The molecule has 4 rings (SSSR count). The first-order valence-electron chi connectivity index (χ1n) is 9.44. The van der Waals surface area contributed by atoms with Crippen LogP contribution in [-0.2, 0) is 11.3 Å². The van der Waals surface area contributed by atoms with E-state index in [4.69, 9.17) is 4.74 Å². The lowest BCUT2D eigenvalue weighted by atomic mass is 9.89. The summed E-state index contributed by atoms with van der Waals surface area (Å²) in [6.07, 6.45) is 4.30. The molecule has 1 aromatic carbocycles. The van der Waals surface area contributed by atoms with Gasteiger partial charge in [-0.15, -0.1) is 0 Å². The van der Waals surface area contributed by atoms with Crippen molar-refractivity contribution in [1.29, 1.82) is 0 Å². The van der Waals surface area contributed by atoms with Gasteiger partial charge in [-0.05, 0) is 24.5 Å². The quantitative estimate of drug-likeness (QED) is 0.835. The summed E-state index contributed by atoms with van der Waals surface area (Å²) in [5, 5.41) is 0. The van der Waals surface area contributed by atoms with E-state index in [9.17, 15) is 9.18 Å². The number of aromatic nitrogens is 1. The Morgan fingerprint density at radius 3 is 2.67 bits per heavy atom. The van der Waals surface area contributed by atoms with E-state index in [1.54, 1.807) is 4.90 Å². The lowest BCUT2D eigenvalue weighted by Crippen LogP contribution is -2.58. The second kappa shape index (κ2) is 7.74. The largest absolute Gasteiger partial charge is 0.371 e. The first-order valence-corrected chi connectivity index (χ1v) is 9.44. The monoisotopic (exact) mass is 369 g/mol. The number of piperidine rings is 1. The smallest absolute Gasteiger partial charge is 0.257 e. The molecule has 0 radical (unpaired) electrons. The number of hydrogen-bond donors (Lipinski definition) is 0. The summed E-state index contributed by atoms with van der Waals surface area (Å²) in [7, 11) is 0. The fraction of sp³-hybridized carbons (Fsp3) is 0.429. The molecular formula is C21H24FN3O2. The molecule has 5 nitrogen and oxygen atoms in total. The average Bonchev–Trinajstić information content (AvgIpc) is 2.71. The summed E-state index contributed by atoms with van der Waals surface area (Å²) in [5.41, 5.74) is 1.08. The third-order valence-corrected chi connectivity index (χ3v) is 5.55. The number of amides is 1. The number of carbonyl (C=O) groups is 1. The minimum Gasteiger partial charge on any atom is -0.371 e. The maximum Gasteiger partial charge on any atom is 0.257 e. The predicted octanol–water partition coefficient (Wildman–Crippen LogP) is 2.73. The summed E-state index contributed by atoms with van der Waals surface area (Å²) < 4.78 is 20.1. The van der Waals surface area contributed by atoms with E-state index in [-0.39, 0.29) is 17.1 Å². The maximum absolute atomic E-state index is 13.9. The minimum atomic E-state index is -0.569. The molecule has 0 unspecified atom stereocenters. The molecule has 2 saturated heterocycles. The second-order valence-electron chi connectivity index (χ2n) is 7.38. The molecule has 0 atom stereocenters. The molecule has 2 aromatic rings. The van der Waals surface area contributed by atoms with Crippen molar-refractivity contribution in [3.05, 3.63) is 65.7 Å². The van der Waals surface area contributed by atoms with Crippen LogP contribution in [0.5, 0.6) is 0 Å². The fourth-order valence-corrected chi connectivity index (χ4v) is 4.00. The number of nitrogens with zero attached hydrogens (tertiary/aromatic N) is 3. The summed E-state index contributed by atoms with van der Waals surface area (Å²) in [5.74, 6) is -0.843. The number of halogens is 1. The van der Waals surface area contributed by atoms with Crippen LogP contribution in [0.15, 0.2) is 48.8 Å². The van der Waals surface area contributed by atoms with E-state index in [1.807, 2.05) is 6.07 Å². The van der Waals surface area contributed by atoms with Gasteiger partial charge in [-0.1, -0.05) is 30.3 Å². The molecule has 27 heavy (non-hydrogen) atoms. The summed E-state index contributed by atoms with van der Waals surface area (Å²) in [4.78, 5) is 20.6. The Bertz CT molecular complexity index is 791. The lowest BCUT2D eigenvalue weighted by Gasteiger charge is -2.47. The van der Waals surface area contributed by atoms with E-state index in [0.717, 1.165) is 38.7 Å². The predicted molar refractivity (Wildman–Crippen MR) is 99.7 cm³/mol. The van der Waals surface area contributed by atoms with Crippen molar-refractivity contribution in [3.8, 4) is 0 Å². The van der Waals surface area contributed by atoms with Crippen LogP contribution in [0.2, 0.25) is 0 Å². The van der Waals surface area contributed by atoms with Gasteiger partial charge in [0.25, 0.3) is 5.91 Å². The van der Waals surface area contributed by atoms with Gasteiger partial charge in [0.15, 0.2) is 5.82 Å². The first-order chi connectivity index (χ1) is 13.2. The molecule has 3 heterocycles. The Morgan fingerprint density at radius 2 is 1.93 bits per heavy atom. The number of carbonyl (C=O) groups excluding carboxylic acids is 1. The van der Waals surface area contributed by atoms with Gasteiger partial charge in [0, 0.05) is 32.4 Å². The van der Waals surface area contributed by atoms with Crippen molar-refractivity contribution in [2.24, 2.45) is 0 Å². The second-order valence-corrected chi connectivity index (χ2v) is 7.38. The first kappa shape index (κ1) is 18.1. The van der Waals surface area contributed by atoms with Gasteiger partial charge >= 0.3 is 0 Å². The molecule has 2 fully saturated rings. The van der Waals surface area contributed by atoms with Crippen LogP contribution in [-0.4, -0.2) is 59.1 Å². The number of benzene rings is 1. The highest BCUT2D eigenvalue weighted by atomic mass is 19.1. The van der Waals surface area contributed by atoms with Crippen LogP contribution in [0, 0.1) is 5.82 Å². The molecule has 0 aliphatic carbocycles. The van der Waals surface area contributed by atoms with E-state index in [2.05, 4.69) is 34.1 Å². The van der Waals surface area contributed by atoms with E-state index in [0.29, 0.717) is 19.7 Å². The molecule has 2 aliphatic rings. The van der Waals surface area contributed by atoms with Crippen LogP contribution in [0.25, 0.3) is 0 Å². The van der Waals surface area contributed by atoms with Crippen molar-refractivity contribution < 1.29 is 13.9 Å². The topological polar surface area (TPSA) is 45.7 Å². The normalized spacial score (nSPS) is 20.0. The van der Waals surface area contributed by atoms with E-state index < -0.39 is 5.82 Å². The van der Waals surface area contributed by atoms with Gasteiger partial charge < -0.3 is 9.64 Å². The number of ether oxygens (including phenoxy) is 1. The van der Waals surface area contributed by atoms with E-state index in [1.165, 1.54) is 17.8 Å². The Balaban J connectivity index is 1.38. The molecule has 0 saturated carbocycles. The van der Waals surface area contributed by atoms with Gasteiger partial charge in [-0.25, -0.2) is 4.39 Å². The standard InChI is InChI=1S/C21H24FN3O2/c22-19-14-23-9-6-18(19)20(26)25-12-13-27-21(16-25)7-10-24(11-8-21)15-17-4-2-1-3-5-17/h1-6,9,14H,7-8,10-13,15-16H2. The van der Waals surface area contributed by atoms with Crippen molar-refractivity contribution >= 4 is 5.91 Å². The SMILES string of the molecule is O=C(c1ccncc1F)N1CCOC2(CCN(Cc3ccccc3)CC2)C1. The fourth-order valence-electron chi connectivity index (χ4n) is 4.00. The van der Waals surface area contributed by atoms with Crippen LogP contribution >= 0.6 is 0 Å². The third-order valence-electron chi connectivity index (χ3n) is 5.55. The molecule has 6 heteroatoms. The number of morpholine rings is 1. The van der Waals surface area contributed by atoms with Gasteiger partial charge in [-0.3, -0.25) is 14.7 Å². The third kappa shape index (κ3) is 4.01. The Labute approximate surface area is 158 Å². The van der Waals surface area contributed by atoms with Crippen LogP contribution in [0.3, 0.4) is 0 Å². The Kier molecular flexibility index (Phi) is 5.18. The molecule has 1 aromatic heterocycles. The molecule has 0 bridgehead atoms. The Hall–Kier alpha value is -2.31. The van der Waals surface area contributed by atoms with Crippen molar-refractivity contribution in [2.45, 2.75) is 25.0 Å². The van der Waals surface area contributed by atoms with Crippen molar-refractivity contribution in [3.63, 3.8) is 0 Å². The zero-order chi connectivity index (χ0) is 18.7. The molecule has 142 valence electrons. The highest BCUT2D eigenvalue weighted by Gasteiger charge is 2.41. The summed E-state index contributed by atoms with van der Waals surface area (Å²) >= 11 is 0. The Morgan fingerprint density at radius 1 is 1.15 bits per heavy atom. The highest BCUT2D eigenvalue weighted by Crippen LogP contribution is 2.31. The average molecular weight is 369 g/mol. The van der Waals surface area contributed by atoms with Gasteiger partial charge in [-0.2, -0.15) is 0 Å². The van der Waals surface area contributed by atoms with Crippen LogP contribution in [0.4, 0.5) is 4.39 Å². The highest BCUT2D eigenvalue weighted by molar-refractivity contribution is 5.94. The number of hydrogen-bond acceptors (Lipinski definition) is 4. The number of rotatable bonds is 3. The molecule has 1 amide bonds. The van der Waals surface area contributed by atoms with Gasteiger partial charge in [0.2, 0.25) is 0 Å². The van der Waals surface area contributed by atoms with Crippen LogP contribution < -0.4 is 0 Å². The van der Waals surface area contributed by atoms with Gasteiger partial charge in [0.05, 0.1) is 30.5 Å². The van der Waals surface area contributed by atoms with Crippen molar-refractivity contribution in [1.82, 2.24) is 14.8 Å². The van der Waals surface area contributed by atoms with Crippen molar-refractivity contribution in [2.75, 3.05) is 32.8 Å². The van der Waals surface area contributed by atoms with Crippen LogP contribution in [0.1, 0.15) is 28.8 Å². The molecule has 0 N–H and O–H groups in total. The zero-order valence-corrected chi connectivity index (χ0v) is 15.3. The maximum atomic E-state index is 13.9. The molecular weight excluding hydrogens is 345 g/mol. The summed E-state index contributed by atoms with van der Waals surface area (Å²) in [6.45, 7) is 4.31. The zero-order valence-electron chi connectivity index (χ0n) is 15.3. The summed E-state index contributed by atoms with van der Waals surface area (Å²) in [6, 6.07) is 11.9. The number of likely N-dealkylation sites (tertiary alicyclic amines) is 1. The number of pyridine rings is 1. The van der Waals surface area contributed by atoms with E-state index >= 15 is 0 Å². The van der Waals surface area contributed by atoms with Gasteiger partial charge in [0.1, 0.15) is 0 Å².